The number of hydrogen-bond acceptors (Lipinski definition) is 5. The fourth-order valence-corrected chi connectivity index (χ4v) is 3.75. The van der Waals surface area contributed by atoms with Crippen LogP contribution in [0.3, 0.4) is 0 Å². The second kappa shape index (κ2) is 8.70. The van der Waals surface area contributed by atoms with Crippen molar-refractivity contribution in [2.24, 2.45) is 5.92 Å². The molecule has 0 aliphatic heterocycles. The average molecular weight is 370 g/mol. The lowest BCUT2D eigenvalue weighted by molar-refractivity contribution is -0.127. The van der Waals surface area contributed by atoms with E-state index in [4.69, 9.17) is 4.74 Å². The lowest BCUT2D eigenvalue weighted by Gasteiger charge is -2.35. The molecule has 25 heavy (non-hydrogen) atoms. The van der Waals surface area contributed by atoms with Gasteiger partial charge in [-0.15, -0.1) is 0 Å². The number of rotatable bonds is 7. The van der Waals surface area contributed by atoms with Crippen molar-refractivity contribution in [3.63, 3.8) is 0 Å². The van der Waals surface area contributed by atoms with Crippen LogP contribution in [-0.2, 0) is 26.3 Å². The monoisotopic (exact) mass is 370 g/mol. The maximum Gasteiger partial charge on any atom is 0.279 e. The SMILES string of the molecule is CO[C@@H]1CC[C@H](C(=O)NCc2ccccn2)C[C@H]1NS(=O)(=O)N(C)C. The number of hydrogen-bond donors (Lipinski definition) is 2. The number of ether oxygens (including phenoxy) is 1. The van der Waals surface area contributed by atoms with Gasteiger partial charge in [0.2, 0.25) is 5.91 Å². The van der Waals surface area contributed by atoms with Gasteiger partial charge in [-0.3, -0.25) is 9.78 Å². The molecule has 1 saturated carbocycles. The number of nitrogens with zero attached hydrogens (tertiary/aromatic N) is 2. The molecule has 3 atom stereocenters. The van der Waals surface area contributed by atoms with Gasteiger partial charge in [0.15, 0.2) is 0 Å². The zero-order chi connectivity index (χ0) is 18.4. The molecule has 1 heterocycles. The predicted molar refractivity (Wildman–Crippen MR) is 93.8 cm³/mol. The third kappa shape index (κ3) is 5.46. The maximum absolute atomic E-state index is 12.4. The summed E-state index contributed by atoms with van der Waals surface area (Å²) in [4.78, 5) is 16.6. The summed E-state index contributed by atoms with van der Waals surface area (Å²) in [5.74, 6) is -0.348. The van der Waals surface area contributed by atoms with E-state index in [-0.39, 0.29) is 17.9 Å². The largest absolute Gasteiger partial charge is 0.380 e. The Morgan fingerprint density at radius 1 is 1.36 bits per heavy atom. The first-order valence-electron chi connectivity index (χ1n) is 8.23. The van der Waals surface area contributed by atoms with Crippen LogP contribution in [0.25, 0.3) is 0 Å². The molecular weight excluding hydrogens is 344 g/mol. The number of aromatic nitrogens is 1. The Kier molecular flexibility index (Phi) is 6.88. The lowest BCUT2D eigenvalue weighted by Crippen LogP contribution is -2.52. The standard InChI is InChI=1S/C16H26N4O4S/c1-20(2)25(22,23)19-14-10-12(7-8-15(14)24-3)16(21)18-11-13-6-4-5-9-17-13/h4-6,9,12,14-15,19H,7-8,10-11H2,1-3H3,(H,18,21)/t12-,14+,15+/m0/s1. The summed E-state index contributed by atoms with van der Waals surface area (Å²) >= 11 is 0. The fourth-order valence-electron chi connectivity index (χ4n) is 2.91. The molecule has 2 N–H and O–H groups in total. The molecule has 1 aliphatic rings. The summed E-state index contributed by atoms with van der Waals surface area (Å²) in [6, 6.07) is 5.09. The lowest BCUT2D eigenvalue weighted by atomic mass is 9.83. The van der Waals surface area contributed by atoms with Gasteiger partial charge in [-0.1, -0.05) is 6.07 Å². The second-order valence-electron chi connectivity index (χ2n) is 6.33. The molecule has 0 bridgehead atoms. The van der Waals surface area contributed by atoms with Gasteiger partial charge in [0.1, 0.15) is 0 Å². The predicted octanol–water partition coefficient (Wildman–Crippen LogP) is 0.278. The van der Waals surface area contributed by atoms with Crippen molar-refractivity contribution in [1.82, 2.24) is 19.3 Å². The summed E-state index contributed by atoms with van der Waals surface area (Å²) < 4.78 is 33.3. The van der Waals surface area contributed by atoms with E-state index in [1.807, 2.05) is 18.2 Å². The van der Waals surface area contributed by atoms with Gasteiger partial charge < -0.3 is 10.1 Å². The smallest absolute Gasteiger partial charge is 0.279 e. The minimum Gasteiger partial charge on any atom is -0.380 e. The van der Waals surface area contributed by atoms with Crippen molar-refractivity contribution in [3.05, 3.63) is 30.1 Å². The normalized spacial score (nSPS) is 24.2. The van der Waals surface area contributed by atoms with Crippen molar-refractivity contribution >= 4 is 16.1 Å². The molecule has 0 aromatic carbocycles. The molecule has 1 aliphatic carbocycles. The van der Waals surface area contributed by atoms with Crippen LogP contribution in [0.5, 0.6) is 0 Å². The van der Waals surface area contributed by atoms with Gasteiger partial charge in [-0.25, -0.2) is 0 Å². The summed E-state index contributed by atoms with van der Waals surface area (Å²) in [6.45, 7) is 0.359. The highest BCUT2D eigenvalue weighted by molar-refractivity contribution is 7.87. The molecule has 1 fully saturated rings. The number of carbonyl (C=O) groups excluding carboxylic acids is 1. The molecular formula is C16H26N4O4S. The quantitative estimate of drug-likeness (QED) is 0.718. The van der Waals surface area contributed by atoms with E-state index in [1.165, 1.54) is 14.1 Å². The van der Waals surface area contributed by atoms with Crippen LogP contribution in [0.2, 0.25) is 0 Å². The van der Waals surface area contributed by atoms with Gasteiger partial charge >= 0.3 is 0 Å². The summed E-state index contributed by atoms with van der Waals surface area (Å²) in [6.07, 6.45) is 3.12. The van der Waals surface area contributed by atoms with E-state index >= 15 is 0 Å². The molecule has 8 nitrogen and oxygen atoms in total. The van der Waals surface area contributed by atoms with E-state index in [0.717, 1.165) is 10.00 Å². The Labute approximate surface area is 149 Å². The molecule has 0 spiro atoms. The van der Waals surface area contributed by atoms with E-state index < -0.39 is 16.3 Å². The van der Waals surface area contributed by atoms with E-state index in [1.54, 1.807) is 13.3 Å². The molecule has 140 valence electrons. The zero-order valence-electron chi connectivity index (χ0n) is 14.8. The third-order valence-electron chi connectivity index (χ3n) is 4.41. The molecule has 0 radical (unpaired) electrons. The summed E-state index contributed by atoms with van der Waals surface area (Å²) in [5, 5.41) is 2.88. The van der Waals surface area contributed by atoms with Crippen molar-refractivity contribution in [1.29, 1.82) is 0 Å². The Bertz CT molecular complexity index is 666. The first-order chi connectivity index (χ1) is 11.8. The highest BCUT2D eigenvalue weighted by Gasteiger charge is 2.36. The topological polar surface area (TPSA) is 101 Å². The molecule has 1 aromatic heterocycles. The van der Waals surface area contributed by atoms with Gasteiger partial charge in [0.25, 0.3) is 10.2 Å². The van der Waals surface area contributed by atoms with Crippen LogP contribution < -0.4 is 10.0 Å². The molecule has 2 rings (SSSR count). The molecule has 1 amide bonds. The fraction of sp³-hybridized carbons (Fsp3) is 0.625. The Balaban J connectivity index is 1.97. The van der Waals surface area contributed by atoms with Gasteiger partial charge in [-0.05, 0) is 31.4 Å². The number of amides is 1. The minimum atomic E-state index is -3.58. The van der Waals surface area contributed by atoms with Gasteiger partial charge in [0.05, 0.1) is 18.3 Å². The van der Waals surface area contributed by atoms with Crippen molar-refractivity contribution < 1.29 is 17.9 Å². The van der Waals surface area contributed by atoms with Crippen LogP contribution >= 0.6 is 0 Å². The van der Waals surface area contributed by atoms with E-state index in [0.29, 0.717) is 25.8 Å². The Morgan fingerprint density at radius 2 is 2.12 bits per heavy atom. The zero-order valence-corrected chi connectivity index (χ0v) is 15.6. The van der Waals surface area contributed by atoms with Crippen LogP contribution in [0.15, 0.2) is 24.4 Å². The second-order valence-corrected chi connectivity index (χ2v) is 8.25. The van der Waals surface area contributed by atoms with E-state index in [9.17, 15) is 13.2 Å². The highest BCUT2D eigenvalue weighted by atomic mass is 32.2. The Morgan fingerprint density at radius 3 is 2.72 bits per heavy atom. The van der Waals surface area contributed by atoms with Crippen molar-refractivity contribution in [2.45, 2.75) is 38.0 Å². The van der Waals surface area contributed by atoms with Crippen molar-refractivity contribution in [2.75, 3.05) is 21.2 Å². The third-order valence-corrected chi connectivity index (χ3v) is 5.97. The number of nitrogens with one attached hydrogen (secondary N) is 2. The first kappa shape index (κ1) is 19.8. The molecule has 1 aromatic rings. The summed E-state index contributed by atoms with van der Waals surface area (Å²) in [5.41, 5.74) is 0.784. The van der Waals surface area contributed by atoms with Crippen LogP contribution in [-0.4, -0.2) is 57.0 Å². The minimum absolute atomic E-state index is 0.0887. The molecule has 0 unspecified atom stereocenters. The van der Waals surface area contributed by atoms with Crippen LogP contribution in [0, 0.1) is 5.92 Å². The number of carbonyl (C=O) groups is 1. The number of pyridine rings is 1. The van der Waals surface area contributed by atoms with E-state index in [2.05, 4.69) is 15.0 Å². The molecule has 9 heteroatoms. The summed E-state index contributed by atoms with van der Waals surface area (Å²) in [7, 11) is 0.900. The van der Waals surface area contributed by atoms with Crippen LogP contribution in [0.1, 0.15) is 25.0 Å². The van der Waals surface area contributed by atoms with Gasteiger partial charge in [0, 0.05) is 39.4 Å². The molecule has 0 saturated heterocycles. The van der Waals surface area contributed by atoms with Crippen molar-refractivity contribution in [3.8, 4) is 0 Å². The number of methoxy groups -OCH3 is 1. The van der Waals surface area contributed by atoms with Gasteiger partial charge in [-0.2, -0.15) is 17.4 Å². The maximum atomic E-state index is 12.4. The Hall–Kier alpha value is -1.55. The first-order valence-corrected chi connectivity index (χ1v) is 9.67. The van der Waals surface area contributed by atoms with Crippen LogP contribution in [0.4, 0.5) is 0 Å². The average Bonchev–Trinajstić information content (AvgIpc) is 2.60. The highest BCUT2D eigenvalue weighted by Crippen LogP contribution is 2.27.